The van der Waals surface area contributed by atoms with Gasteiger partial charge in [0.15, 0.2) is 0 Å². The number of hydrogen-bond donors (Lipinski definition) is 0. The zero-order valence-electron chi connectivity index (χ0n) is 10.4. The second-order valence-electron chi connectivity index (χ2n) is 4.56. The molecule has 2 heterocycles. The predicted octanol–water partition coefficient (Wildman–Crippen LogP) is 2.39. The first-order valence-corrected chi connectivity index (χ1v) is 6.05. The SMILES string of the molecule is Cc1cc2c(c(=O)o1)[C@@H](c1ccccc1)CC(=O)O2. The molecule has 0 aliphatic carbocycles. The van der Waals surface area contributed by atoms with Crippen LogP contribution in [0, 0.1) is 6.92 Å². The Morgan fingerprint density at radius 3 is 2.63 bits per heavy atom. The van der Waals surface area contributed by atoms with Crippen LogP contribution in [0.5, 0.6) is 5.75 Å². The highest BCUT2D eigenvalue weighted by Gasteiger charge is 2.32. The van der Waals surface area contributed by atoms with Crippen LogP contribution in [0.25, 0.3) is 0 Å². The molecule has 19 heavy (non-hydrogen) atoms. The van der Waals surface area contributed by atoms with Gasteiger partial charge in [0.2, 0.25) is 0 Å². The quantitative estimate of drug-likeness (QED) is 0.735. The van der Waals surface area contributed by atoms with E-state index in [-0.39, 0.29) is 18.3 Å². The number of benzene rings is 1. The highest BCUT2D eigenvalue weighted by atomic mass is 16.5. The topological polar surface area (TPSA) is 56.5 Å². The van der Waals surface area contributed by atoms with E-state index < -0.39 is 5.63 Å². The molecule has 0 saturated heterocycles. The molecule has 1 aromatic heterocycles. The van der Waals surface area contributed by atoms with Crippen molar-refractivity contribution in [2.45, 2.75) is 19.3 Å². The lowest BCUT2D eigenvalue weighted by Crippen LogP contribution is -2.26. The Labute approximate surface area is 109 Å². The smallest absolute Gasteiger partial charge is 0.343 e. The largest absolute Gasteiger partial charge is 0.428 e. The van der Waals surface area contributed by atoms with Crippen LogP contribution in [-0.2, 0) is 4.79 Å². The van der Waals surface area contributed by atoms with Gasteiger partial charge in [-0.25, -0.2) is 4.79 Å². The normalized spacial score (nSPS) is 17.7. The van der Waals surface area contributed by atoms with E-state index >= 15 is 0 Å². The van der Waals surface area contributed by atoms with Gasteiger partial charge in [0.25, 0.3) is 0 Å². The zero-order valence-corrected chi connectivity index (χ0v) is 10.4. The lowest BCUT2D eigenvalue weighted by atomic mass is 9.87. The number of carbonyl (C=O) groups excluding carboxylic acids is 1. The molecule has 3 rings (SSSR count). The molecule has 2 aromatic rings. The van der Waals surface area contributed by atoms with Gasteiger partial charge < -0.3 is 9.15 Å². The molecule has 0 N–H and O–H groups in total. The molecule has 0 spiro atoms. The summed E-state index contributed by atoms with van der Waals surface area (Å²) in [5.74, 6) is 0.129. The minimum Gasteiger partial charge on any atom is -0.428 e. The van der Waals surface area contributed by atoms with E-state index in [4.69, 9.17) is 9.15 Å². The summed E-state index contributed by atoms with van der Waals surface area (Å²) in [6.07, 6.45) is 0.158. The van der Waals surface area contributed by atoms with Crippen LogP contribution >= 0.6 is 0 Å². The van der Waals surface area contributed by atoms with Crippen molar-refractivity contribution in [2.75, 3.05) is 0 Å². The lowest BCUT2D eigenvalue weighted by molar-refractivity contribution is -0.135. The number of ether oxygens (including phenoxy) is 1. The maximum absolute atomic E-state index is 12.0. The summed E-state index contributed by atoms with van der Waals surface area (Å²) >= 11 is 0. The van der Waals surface area contributed by atoms with E-state index in [0.29, 0.717) is 17.1 Å². The van der Waals surface area contributed by atoms with Gasteiger partial charge in [-0.05, 0) is 12.5 Å². The molecule has 1 atom stereocenters. The van der Waals surface area contributed by atoms with Crippen molar-refractivity contribution < 1.29 is 13.9 Å². The molecule has 0 bridgehead atoms. The first-order chi connectivity index (χ1) is 9.15. The molecule has 1 aliphatic rings. The fraction of sp³-hybridized carbons (Fsp3) is 0.200. The summed E-state index contributed by atoms with van der Waals surface area (Å²) < 4.78 is 10.3. The molecule has 4 heteroatoms. The Hall–Kier alpha value is -2.36. The highest BCUT2D eigenvalue weighted by Crippen LogP contribution is 2.36. The zero-order chi connectivity index (χ0) is 13.4. The number of carbonyl (C=O) groups is 1. The first kappa shape index (κ1) is 11.7. The molecular weight excluding hydrogens is 244 g/mol. The standard InChI is InChI=1S/C15H12O4/c1-9-7-12-14(15(17)18-9)11(8-13(16)19-12)10-5-3-2-4-6-10/h2-7,11H,8H2,1H3/t11-/m1/s1. The van der Waals surface area contributed by atoms with Crippen molar-refractivity contribution >= 4 is 5.97 Å². The average molecular weight is 256 g/mol. The van der Waals surface area contributed by atoms with Crippen molar-refractivity contribution in [3.05, 3.63) is 63.7 Å². The number of hydrogen-bond acceptors (Lipinski definition) is 4. The van der Waals surface area contributed by atoms with Gasteiger partial charge in [-0.3, -0.25) is 4.79 Å². The second kappa shape index (κ2) is 4.39. The fourth-order valence-electron chi connectivity index (χ4n) is 2.39. The predicted molar refractivity (Wildman–Crippen MR) is 68.3 cm³/mol. The van der Waals surface area contributed by atoms with Crippen molar-refractivity contribution in [1.82, 2.24) is 0 Å². The molecular formula is C15H12O4. The maximum Gasteiger partial charge on any atom is 0.343 e. The van der Waals surface area contributed by atoms with E-state index in [1.165, 1.54) is 0 Å². The second-order valence-corrected chi connectivity index (χ2v) is 4.56. The minimum atomic E-state index is -0.434. The Kier molecular flexibility index (Phi) is 2.71. The monoisotopic (exact) mass is 256 g/mol. The van der Waals surface area contributed by atoms with Crippen LogP contribution in [0.3, 0.4) is 0 Å². The van der Waals surface area contributed by atoms with Crippen LogP contribution in [0.15, 0.2) is 45.6 Å². The molecule has 4 nitrogen and oxygen atoms in total. The van der Waals surface area contributed by atoms with Gasteiger partial charge in [-0.15, -0.1) is 0 Å². The summed E-state index contributed by atoms with van der Waals surface area (Å²) in [7, 11) is 0. The van der Waals surface area contributed by atoms with Gasteiger partial charge in [-0.2, -0.15) is 0 Å². The lowest BCUT2D eigenvalue weighted by Gasteiger charge is -2.23. The van der Waals surface area contributed by atoms with Crippen LogP contribution in [0.2, 0.25) is 0 Å². The summed E-state index contributed by atoms with van der Waals surface area (Å²) in [5.41, 5.74) is 0.907. The highest BCUT2D eigenvalue weighted by molar-refractivity contribution is 5.77. The van der Waals surface area contributed by atoms with E-state index in [0.717, 1.165) is 5.56 Å². The Morgan fingerprint density at radius 2 is 1.89 bits per heavy atom. The Bertz CT molecular complexity index is 685. The summed E-state index contributed by atoms with van der Waals surface area (Å²) in [4.78, 5) is 23.7. The molecule has 0 saturated carbocycles. The van der Waals surface area contributed by atoms with Crippen molar-refractivity contribution in [2.24, 2.45) is 0 Å². The van der Waals surface area contributed by atoms with Gasteiger partial charge >= 0.3 is 11.6 Å². The third-order valence-corrected chi connectivity index (χ3v) is 3.22. The number of aryl methyl sites for hydroxylation is 1. The van der Waals surface area contributed by atoms with Gasteiger partial charge in [0.1, 0.15) is 11.5 Å². The fourth-order valence-corrected chi connectivity index (χ4v) is 2.39. The maximum atomic E-state index is 12.0. The summed E-state index contributed by atoms with van der Waals surface area (Å²) in [6, 6.07) is 11.0. The molecule has 0 fully saturated rings. The van der Waals surface area contributed by atoms with E-state index in [1.807, 2.05) is 30.3 Å². The minimum absolute atomic E-state index is 0.158. The van der Waals surface area contributed by atoms with Crippen LogP contribution < -0.4 is 10.4 Å². The van der Waals surface area contributed by atoms with Crippen molar-refractivity contribution in [1.29, 1.82) is 0 Å². The van der Waals surface area contributed by atoms with Crippen molar-refractivity contribution in [3.63, 3.8) is 0 Å². The molecule has 96 valence electrons. The average Bonchev–Trinajstić information content (AvgIpc) is 2.38. The van der Waals surface area contributed by atoms with Gasteiger partial charge in [-0.1, -0.05) is 30.3 Å². The third-order valence-electron chi connectivity index (χ3n) is 3.22. The number of rotatable bonds is 1. The van der Waals surface area contributed by atoms with Crippen LogP contribution in [-0.4, -0.2) is 5.97 Å². The Morgan fingerprint density at radius 1 is 1.16 bits per heavy atom. The van der Waals surface area contributed by atoms with Crippen LogP contribution in [0.4, 0.5) is 0 Å². The Balaban J connectivity index is 2.20. The van der Waals surface area contributed by atoms with Crippen LogP contribution in [0.1, 0.15) is 29.2 Å². The third kappa shape index (κ3) is 2.05. The van der Waals surface area contributed by atoms with E-state index in [2.05, 4.69) is 0 Å². The van der Waals surface area contributed by atoms with E-state index in [1.54, 1.807) is 13.0 Å². The van der Waals surface area contributed by atoms with E-state index in [9.17, 15) is 9.59 Å². The number of esters is 1. The molecule has 0 radical (unpaired) electrons. The molecule has 0 amide bonds. The first-order valence-electron chi connectivity index (χ1n) is 6.05. The van der Waals surface area contributed by atoms with Crippen molar-refractivity contribution in [3.8, 4) is 5.75 Å². The summed E-state index contributed by atoms with van der Waals surface area (Å²) in [5, 5.41) is 0. The summed E-state index contributed by atoms with van der Waals surface area (Å²) in [6.45, 7) is 1.65. The molecule has 1 aromatic carbocycles. The van der Waals surface area contributed by atoms with Gasteiger partial charge in [0.05, 0.1) is 12.0 Å². The number of fused-ring (bicyclic) bond motifs is 1. The molecule has 0 unspecified atom stereocenters. The van der Waals surface area contributed by atoms with Gasteiger partial charge in [0, 0.05) is 12.0 Å². The molecule has 1 aliphatic heterocycles.